The number of tetrazole rings is 1. The first-order valence-electron chi connectivity index (χ1n) is 10.5. The molecule has 2 bridgehead atoms. The van der Waals surface area contributed by atoms with Crippen LogP contribution in [0.15, 0.2) is 48.8 Å². The summed E-state index contributed by atoms with van der Waals surface area (Å²) in [5.74, 6) is -5.49. The second-order valence-electron chi connectivity index (χ2n) is 9.13. The van der Waals surface area contributed by atoms with Gasteiger partial charge in [-0.05, 0) is 64.9 Å². The molecule has 0 aliphatic heterocycles. The minimum Gasteiger partial charge on any atom is -0.479 e. The Morgan fingerprint density at radius 2 is 1.82 bits per heavy atom. The van der Waals surface area contributed by atoms with Gasteiger partial charge in [0.2, 0.25) is 0 Å². The Morgan fingerprint density at radius 3 is 2.41 bits per heavy atom. The Kier molecular flexibility index (Phi) is 4.91. The zero-order valence-corrected chi connectivity index (χ0v) is 17.8. The third-order valence-electron chi connectivity index (χ3n) is 7.14. The molecule has 34 heavy (non-hydrogen) atoms. The van der Waals surface area contributed by atoms with Crippen molar-refractivity contribution in [2.75, 3.05) is 6.61 Å². The van der Waals surface area contributed by atoms with Crippen LogP contribution < -0.4 is 4.74 Å². The summed E-state index contributed by atoms with van der Waals surface area (Å²) < 4.78 is 66.6. The summed E-state index contributed by atoms with van der Waals surface area (Å²) in [4.78, 5) is 0. The maximum atomic E-state index is 16.1. The standard InChI is InChI=1S/C23H19F4N5O2/c24-16-3-6-18(19(25)9-16)22(33,13-32-14-29-30-31-32)23(26,27)21-10-20(11-21,12-21)15-1-4-17(5-2-15)34-8-7-28/h1-6,9,14,33H,8,10-13H2/t20?,21?,22-/m1/s1. The van der Waals surface area contributed by atoms with Crippen LogP contribution >= 0.6 is 0 Å². The van der Waals surface area contributed by atoms with Crippen molar-refractivity contribution in [2.24, 2.45) is 5.41 Å². The predicted octanol–water partition coefficient (Wildman–Crippen LogP) is 3.50. The van der Waals surface area contributed by atoms with Crippen LogP contribution in [-0.4, -0.2) is 37.8 Å². The Hall–Kier alpha value is -3.52. The average Bonchev–Trinajstić information content (AvgIpc) is 3.23. The van der Waals surface area contributed by atoms with Crippen molar-refractivity contribution < 1.29 is 27.4 Å². The summed E-state index contributed by atoms with van der Waals surface area (Å²) in [6.45, 7) is -0.908. The van der Waals surface area contributed by atoms with Gasteiger partial charge in [-0.25, -0.2) is 22.2 Å². The highest BCUT2D eigenvalue weighted by Crippen LogP contribution is 2.80. The first-order valence-corrected chi connectivity index (χ1v) is 10.5. The van der Waals surface area contributed by atoms with E-state index in [0.29, 0.717) is 11.8 Å². The maximum absolute atomic E-state index is 16.1. The molecule has 3 aromatic rings. The van der Waals surface area contributed by atoms with E-state index in [1.807, 2.05) is 6.07 Å². The molecule has 1 atom stereocenters. The van der Waals surface area contributed by atoms with Crippen molar-refractivity contribution in [1.82, 2.24) is 20.2 Å². The fraction of sp³-hybridized carbons (Fsp3) is 0.391. The number of rotatable bonds is 8. The average molecular weight is 473 g/mol. The van der Waals surface area contributed by atoms with Gasteiger partial charge in [0.05, 0.1) is 6.54 Å². The number of aromatic nitrogens is 4. The molecule has 6 rings (SSSR count). The third-order valence-corrected chi connectivity index (χ3v) is 7.14. The Bertz CT molecular complexity index is 1240. The number of hydrogen-bond acceptors (Lipinski definition) is 6. The molecular formula is C23H19F4N5O2. The van der Waals surface area contributed by atoms with Crippen LogP contribution in [0.2, 0.25) is 0 Å². The van der Waals surface area contributed by atoms with Crippen LogP contribution in [0.1, 0.15) is 30.4 Å². The van der Waals surface area contributed by atoms with Gasteiger partial charge in [0.15, 0.2) is 12.2 Å². The number of hydrogen-bond donors (Lipinski definition) is 1. The van der Waals surface area contributed by atoms with Crippen molar-refractivity contribution >= 4 is 0 Å². The van der Waals surface area contributed by atoms with Gasteiger partial charge in [-0.3, -0.25) is 0 Å². The lowest BCUT2D eigenvalue weighted by Gasteiger charge is -2.74. The Morgan fingerprint density at radius 1 is 1.12 bits per heavy atom. The van der Waals surface area contributed by atoms with E-state index in [0.717, 1.165) is 28.7 Å². The smallest absolute Gasteiger partial charge is 0.287 e. The molecule has 0 amide bonds. The minimum absolute atomic E-state index is 0.0894. The molecule has 3 aliphatic rings. The van der Waals surface area contributed by atoms with Crippen LogP contribution in [0.25, 0.3) is 0 Å². The van der Waals surface area contributed by atoms with Crippen LogP contribution in [0.5, 0.6) is 5.75 Å². The topological polar surface area (TPSA) is 96.8 Å². The summed E-state index contributed by atoms with van der Waals surface area (Å²) >= 11 is 0. The monoisotopic (exact) mass is 473 g/mol. The van der Waals surface area contributed by atoms with Gasteiger partial charge in [-0.1, -0.05) is 12.1 Å². The first-order chi connectivity index (χ1) is 16.1. The van der Waals surface area contributed by atoms with Gasteiger partial charge < -0.3 is 9.84 Å². The summed E-state index contributed by atoms with van der Waals surface area (Å²) in [6, 6.07) is 10.9. The van der Waals surface area contributed by atoms with E-state index in [4.69, 9.17) is 10.00 Å². The van der Waals surface area contributed by atoms with Crippen molar-refractivity contribution in [3.8, 4) is 11.8 Å². The van der Waals surface area contributed by atoms with Crippen molar-refractivity contribution in [1.29, 1.82) is 5.26 Å². The van der Waals surface area contributed by atoms with Gasteiger partial charge >= 0.3 is 0 Å². The van der Waals surface area contributed by atoms with E-state index in [1.165, 1.54) is 0 Å². The predicted molar refractivity (Wildman–Crippen MR) is 109 cm³/mol. The minimum atomic E-state index is -3.78. The van der Waals surface area contributed by atoms with Crippen LogP contribution in [0, 0.1) is 28.4 Å². The number of alkyl halides is 2. The zero-order valence-electron chi connectivity index (χ0n) is 17.8. The molecule has 3 fully saturated rings. The number of ether oxygens (including phenoxy) is 1. The summed E-state index contributed by atoms with van der Waals surface area (Å²) in [6.07, 6.45) is 1.31. The van der Waals surface area contributed by atoms with E-state index in [-0.39, 0.29) is 25.9 Å². The second kappa shape index (κ2) is 7.50. The lowest BCUT2D eigenvalue weighted by atomic mass is 9.30. The van der Waals surface area contributed by atoms with Crippen LogP contribution in [0.4, 0.5) is 17.6 Å². The molecule has 7 nitrogen and oxygen atoms in total. The molecule has 11 heteroatoms. The molecule has 3 aliphatic carbocycles. The van der Waals surface area contributed by atoms with Crippen molar-refractivity contribution in [3.05, 3.63) is 71.6 Å². The third kappa shape index (κ3) is 3.09. The van der Waals surface area contributed by atoms with Gasteiger partial charge in [0.25, 0.3) is 5.92 Å². The van der Waals surface area contributed by atoms with E-state index in [2.05, 4.69) is 15.5 Å². The molecule has 2 aromatic carbocycles. The Labute approximate surface area is 191 Å². The Balaban J connectivity index is 1.44. The first kappa shape index (κ1) is 22.3. The SMILES string of the molecule is N#CCOc1ccc(C23CC(C(F)(F)[C@@](O)(Cn4cnnn4)c4ccc(F)cc4F)(C2)C3)cc1. The summed E-state index contributed by atoms with van der Waals surface area (Å²) in [5.41, 5.74) is -4.92. The second-order valence-corrected chi connectivity index (χ2v) is 9.13. The van der Waals surface area contributed by atoms with E-state index >= 15 is 8.78 Å². The number of aliphatic hydroxyl groups is 1. The summed E-state index contributed by atoms with van der Waals surface area (Å²) in [5, 5.41) is 30.3. The largest absolute Gasteiger partial charge is 0.479 e. The zero-order chi connectivity index (χ0) is 24.2. The van der Waals surface area contributed by atoms with E-state index in [1.54, 1.807) is 24.3 Å². The number of nitriles is 1. The molecule has 1 aromatic heterocycles. The number of benzene rings is 2. The molecule has 0 unspecified atom stereocenters. The lowest BCUT2D eigenvalue weighted by molar-refractivity contribution is -0.347. The quantitative estimate of drug-likeness (QED) is 0.503. The number of nitrogens with zero attached hydrogens (tertiary/aromatic N) is 5. The van der Waals surface area contributed by atoms with Crippen LogP contribution in [-0.2, 0) is 17.6 Å². The number of halogens is 4. The highest BCUT2D eigenvalue weighted by molar-refractivity contribution is 5.44. The normalized spacial score (nSPS) is 24.9. The van der Waals surface area contributed by atoms with Crippen molar-refractivity contribution in [2.45, 2.75) is 42.7 Å². The molecule has 176 valence electrons. The van der Waals surface area contributed by atoms with Gasteiger partial charge in [0, 0.05) is 17.0 Å². The highest BCUT2D eigenvalue weighted by atomic mass is 19.3. The maximum Gasteiger partial charge on any atom is 0.287 e. The fourth-order valence-electron chi connectivity index (χ4n) is 5.55. The molecule has 3 saturated carbocycles. The molecule has 0 saturated heterocycles. The van der Waals surface area contributed by atoms with Gasteiger partial charge in [0.1, 0.15) is 29.8 Å². The molecule has 0 spiro atoms. The highest BCUT2D eigenvalue weighted by Gasteiger charge is 2.82. The molecule has 0 radical (unpaired) electrons. The fourth-order valence-corrected chi connectivity index (χ4v) is 5.55. The molecular weight excluding hydrogens is 454 g/mol. The van der Waals surface area contributed by atoms with E-state index in [9.17, 15) is 13.9 Å². The lowest BCUT2D eigenvalue weighted by Crippen LogP contribution is -2.76. The molecule has 1 N–H and O–H groups in total. The van der Waals surface area contributed by atoms with E-state index < -0.39 is 46.1 Å². The van der Waals surface area contributed by atoms with Crippen LogP contribution in [0.3, 0.4) is 0 Å². The molecule has 1 heterocycles. The van der Waals surface area contributed by atoms with Crippen molar-refractivity contribution in [3.63, 3.8) is 0 Å². The summed E-state index contributed by atoms with van der Waals surface area (Å²) in [7, 11) is 0. The van der Waals surface area contributed by atoms with Gasteiger partial charge in [-0.15, -0.1) is 5.10 Å². The van der Waals surface area contributed by atoms with Gasteiger partial charge in [-0.2, -0.15) is 5.26 Å².